The molecular weight excluding hydrogens is 335 g/mol. The largest absolute Gasteiger partial charge is 0.305 e. The van der Waals surface area contributed by atoms with Crippen molar-refractivity contribution in [1.29, 1.82) is 0 Å². The number of fused-ring (bicyclic) bond motifs is 1. The van der Waals surface area contributed by atoms with Crippen molar-refractivity contribution in [3.8, 4) is 12.3 Å². The number of hydrogen-bond donors (Lipinski definition) is 0. The van der Waals surface area contributed by atoms with Crippen LogP contribution in [0.5, 0.6) is 0 Å². The molecule has 1 amide bonds. The summed E-state index contributed by atoms with van der Waals surface area (Å²) in [4.78, 5) is 17.1. The first-order valence-electron chi connectivity index (χ1n) is 7.91. The summed E-state index contributed by atoms with van der Waals surface area (Å²) >= 11 is 1.41. The second-order valence-corrected chi connectivity index (χ2v) is 6.99. The van der Waals surface area contributed by atoms with Gasteiger partial charge in [-0.05, 0) is 41.8 Å². The van der Waals surface area contributed by atoms with Gasteiger partial charge >= 0.3 is 0 Å². The molecule has 0 saturated heterocycles. The Morgan fingerprint density at radius 2 is 2.12 bits per heavy atom. The molecule has 0 spiro atoms. The number of hydrogen-bond acceptors (Lipinski definition) is 2. The van der Waals surface area contributed by atoms with Gasteiger partial charge in [0.2, 0.25) is 0 Å². The quantitative estimate of drug-likeness (QED) is 0.646. The van der Waals surface area contributed by atoms with E-state index in [9.17, 15) is 9.18 Å². The molecule has 0 aliphatic rings. The van der Waals surface area contributed by atoms with E-state index < -0.39 is 11.7 Å². The van der Waals surface area contributed by atoms with Crippen molar-refractivity contribution >= 4 is 27.5 Å². The lowest BCUT2D eigenvalue weighted by Crippen LogP contribution is -2.16. The molecule has 3 aromatic rings. The van der Waals surface area contributed by atoms with Gasteiger partial charge in [0.05, 0.1) is 16.8 Å². The maximum atomic E-state index is 13.3. The molecular formula is C20H17FN2OS. The minimum absolute atomic E-state index is 0.215. The normalized spacial score (nSPS) is 11.9. The number of carbonyl (C=O) groups is 1. The maximum absolute atomic E-state index is 13.3. The molecule has 0 radical (unpaired) electrons. The van der Waals surface area contributed by atoms with Crippen LogP contribution in [0.25, 0.3) is 10.2 Å². The van der Waals surface area contributed by atoms with Crippen LogP contribution in [0, 0.1) is 18.2 Å². The number of amides is 1. The third kappa shape index (κ3) is 3.54. The zero-order chi connectivity index (χ0) is 18.0. The number of benzene rings is 2. The van der Waals surface area contributed by atoms with E-state index in [-0.39, 0.29) is 5.56 Å². The van der Waals surface area contributed by atoms with E-state index in [0.29, 0.717) is 17.3 Å². The summed E-state index contributed by atoms with van der Waals surface area (Å²) in [5.74, 6) is 2.06. The van der Waals surface area contributed by atoms with E-state index in [2.05, 4.69) is 36.9 Å². The number of aromatic nitrogens is 1. The lowest BCUT2D eigenvalue weighted by molar-refractivity contribution is 0.0997. The molecule has 0 fully saturated rings. The van der Waals surface area contributed by atoms with Crippen molar-refractivity contribution in [2.24, 2.45) is 4.99 Å². The predicted octanol–water partition coefficient (Wildman–Crippen LogP) is 4.34. The molecule has 0 unspecified atom stereocenters. The monoisotopic (exact) mass is 352 g/mol. The molecule has 5 heteroatoms. The number of thiazole rings is 1. The van der Waals surface area contributed by atoms with Crippen LogP contribution in [-0.2, 0) is 6.54 Å². The fourth-order valence-corrected chi connectivity index (χ4v) is 3.63. The molecule has 3 rings (SSSR count). The standard InChI is InChI=1S/C20H17FN2OS/c1-4-10-23-17-9-8-14(13(2)3)12-18(17)25-20(23)22-19(24)15-6-5-7-16(21)11-15/h1,5-9,11-13H,10H2,2-3H3. The molecule has 0 saturated carbocycles. The van der Waals surface area contributed by atoms with E-state index >= 15 is 0 Å². The summed E-state index contributed by atoms with van der Waals surface area (Å²) < 4.78 is 16.2. The SMILES string of the molecule is C#CCn1c(=NC(=O)c2cccc(F)c2)sc2cc(C(C)C)ccc21. The van der Waals surface area contributed by atoms with Gasteiger partial charge < -0.3 is 4.57 Å². The maximum Gasteiger partial charge on any atom is 0.279 e. The summed E-state index contributed by atoms with van der Waals surface area (Å²) in [6.07, 6.45) is 5.48. The smallest absolute Gasteiger partial charge is 0.279 e. The number of carbonyl (C=O) groups excluding carboxylic acids is 1. The van der Waals surface area contributed by atoms with Gasteiger partial charge in [-0.25, -0.2) is 4.39 Å². The number of terminal acetylenes is 1. The van der Waals surface area contributed by atoms with E-state index in [0.717, 1.165) is 10.2 Å². The minimum atomic E-state index is -0.485. The van der Waals surface area contributed by atoms with Gasteiger partial charge in [0.25, 0.3) is 5.91 Å². The van der Waals surface area contributed by atoms with Crippen molar-refractivity contribution in [3.05, 3.63) is 64.2 Å². The molecule has 3 nitrogen and oxygen atoms in total. The average Bonchev–Trinajstić information content (AvgIpc) is 2.92. The van der Waals surface area contributed by atoms with Gasteiger partial charge in [-0.15, -0.1) is 6.42 Å². The zero-order valence-corrected chi connectivity index (χ0v) is 14.8. The fraction of sp³-hybridized carbons (Fsp3) is 0.200. The van der Waals surface area contributed by atoms with Crippen LogP contribution in [-0.4, -0.2) is 10.5 Å². The lowest BCUT2D eigenvalue weighted by atomic mass is 10.0. The van der Waals surface area contributed by atoms with Crippen LogP contribution in [0.4, 0.5) is 4.39 Å². The highest BCUT2D eigenvalue weighted by atomic mass is 32.1. The third-order valence-corrected chi connectivity index (χ3v) is 4.93. The summed E-state index contributed by atoms with van der Waals surface area (Å²) in [7, 11) is 0. The van der Waals surface area contributed by atoms with E-state index in [1.807, 2.05) is 10.6 Å². The highest BCUT2D eigenvalue weighted by Gasteiger charge is 2.11. The molecule has 1 aromatic heterocycles. The summed E-state index contributed by atoms with van der Waals surface area (Å²) in [6.45, 7) is 4.57. The average molecular weight is 352 g/mol. The van der Waals surface area contributed by atoms with Crippen molar-refractivity contribution < 1.29 is 9.18 Å². The topological polar surface area (TPSA) is 34.4 Å². The second kappa shape index (κ2) is 7.04. The first kappa shape index (κ1) is 17.1. The van der Waals surface area contributed by atoms with Crippen LogP contribution in [0.3, 0.4) is 0 Å². The molecule has 0 N–H and O–H groups in total. The van der Waals surface area contributed by atoms with Crippen LogP contribution in [0.2, 0.25) is 0 Å². The van der Waals surface area contributed by atoms with Crippen LogP contribution in [0.1, 0.15) is 35.7 Å². The van der Waals surface area contributed by atoms with Crippen molar-refractivity contribution in [1.82, 2.24) is 4.57 Å². The van der Waals surface area contributed by atoms with Gasteiger partial charge in [-0.1, -0.05) is 43.2 Å². The van der Waals surface area contributed by atoms with Crippen LogP contribution in [0.15, 0.2) is 47.5 Å². The lowest BCUT2D eigenvalue weighted by Gasteiger charge is -2.05. The molecule has 25 heavy (non-hydrogen) atoms. The number of halogens is 1. The van der Waals surface area contributed by atoms with E-state index in [1.54, 1.807) is 6.07 Å². The Morgan fingerprint density at radius 1 is 1.32 bits per heavy atom. The molecule has 1 heterocycles. The van der Waals surface area contributed by atoms with Crippen molar-refractivity contribution in [2.75, 3.05) is 0 Å². The Labute approximate surface area is 149 Å². The number of rotatable bonds is 3. The first-order valence-corrected chi connectivity index (χ1v) is 8.72. The molecule has 0 aliphatic heterocycles. The Kier molecular flexibility index (Phi) is 4.82. The van der Waals surface area contributed by atoms with Gasteiger partial charge in [-0.3, -0.25) is 4.79 Å². The predicted molar refractivity (Wildman–Crippen MR) is 99.0 cm³/mol. The van der Waals surface area contributed by atoms with Crippen LogP contribution < -0.4 is 4.80 Å². The molecule has 0 bridgehead atoms. The minimum Gasteiger partial charge on any atom is -0.305 e. The van der Waals surface area contributed by atoms with Gasteiger partial charge in [-0.2, -0.15) is 4.99 Å². The van der Waals surface area contributed by atoms with E-state index in [1.165, 1.54) is 35.1 Å². The van der Waals surface area contributed by atoms with E-state index in [4.69, 9.17) is 6.42 Å². The van der Waals surface area contributed by atoms with Crippen LogP contribution >= 0.6 is 11.3 Å². The Hall–Kier alpha value is -2.71. The molecule has 0 aliphatic carbocycles. The highest BCUT2D eigenvalue weighted by molar-refractivity contribution is 7.16. The Morgan fingerprint density at radius 3 is 2.80 bits per heavy atom. The third-order valence-electron chi connectivity index (χ3n) is 3.89. The van der Waals surface area contributed by atoms with Gasteiger partial charge in [0.1, 0.15) is 5.82 Å². The fourth-order valence-electron chi connectivity index (χ4n) is 2.55. The van der Waals surface area contributed by atoms with Crippen molar-refractivity contribution in [3.63, 3.8) is 0 Å². The van der Waals surface area contributed by atoms with Gasteiger partial charge in [0.15, 0.2) is 4.80 Å². The summed E-state index contributed by atoms with van der Waals surface area (Å²) in [6, 6.07) is 11.7. The number of nitrogens with zero attached hydrogens (tertiary/aromatic N) is 2. The van der Waals surface area contributed by atoms with Crippen molar-refractivity contribution in [2.45, 2.75) is 26.3 Å². The van der Waals surface area contributed by atoms with Gasteiger partial charge in [0, 0.05) is 5.56 Å². The second-order valence-electron chi connectivity index (χ2n) is 5.98. The first-order chi connectivity index (χ1) is 12.0. The highest BCUT2D eigenvalue weighted by Crippen LogP contribution is 2.23. The Balaban J connectivity index is 2.15. The molecule has 2 aromatic carbocycles. The summed E-state index contributed by atoms with van der Waals surface area (Å²) in [5.41, 5.74) is 2.37. The molecule has 0 atom stereocenters. The zero-order valence-electron chi connectivity index (χ0n) is 14.0. The molecule has 126 valence electrons. The summed E-state index contributed by atoms with van der Waals surface area (Å²) in [5, 5.41) is 0. The Bertz CT molecular complexity index is 1050.